The third-order valence-corrected chi connectivity index (χ3v) is 6.34. The van der Waals surface area contributed by atoms with E-state index in [1.165, 1.54) is 0 Å². The van der Waals surface area contributed by atoms with Crippen molar-refractivity contribution in [3.8, 4) is 11.5 Å². The fraction of sp³-hybridized carbons (Fsp3) is 0.333. The molecule has 4 aromatic rings. The van der Waals surface area contributed by atoms with Gasteiger partial charge in [0.15, 0.2) is 17.5 Å². The molecule has 2 aromatic carbocycles. The van der Waals surface area contributed by atoms with E-state index >= 15 is 0 Å². The van der Waals surface area contributed by atoms with Crippen LogP contribution in [-0.4, -0.2) is 64.6 Å². The summed E-state index contributed by atoms with van der Waals surface area (Å²) in [4.78, 5) is 22.3. The first-order chi connectivity index (χ1) is 18.4. The molecule has 198 valence electrons. The number of ether oxygens (including phenoxy) is 2. The standard InChI is InChI=1S/C16H18N6O2.C11H13NO2/c1-9-17-15(13(24-2)16(18-9)22-7-10(23)8-22)19-14-11-5-3-4-6-12(11)20-21-14;1-14-10-6-4-9(5-7-10)12-11(13)8-2-3-8/h3-6,10,23H,7-8H2,1-2H3,(H2,17,18,19,20,21);4-8H,2-3H2,1H3,(H,12,13). The lowest BCUT2D eigenvalue weighted by Gasteiger charge is -2.37. The SMILES string of the molecule is COc1c(Nc2n[nH]c3ccccc23)nc(C)nc1N1CC(O)C1.COc1ccc(NC(=O)C2CC2)cc1. The Bertz CT molecular complexity index is 1410. The number of aromatic nitrogens is 4. The molecule has 0 unspecified atom stereocenters. The maximum atomic E-state index is 11.4. The van der Waals surface area contributed by atoms with E-state index in [9.17, 15) is 9.90 Å². The summed E-state index contributed by atoms with van der Waals surface area (Å²) in [6, 6.07) is 15.2. The molecular weight excluding hydrogens is 486 g/mol. The van der Waals surface area contributed by atoms with E-state index in [0.29, 0.717) is 42.1 Å². The van der Waals surface area contributed by atoms with Crippen LogP contribution in [0.25, 0.3) is 10.9 Å². The van der Waals surface area contributed by atoms with Crippen LogP contribution in [0.5, 0.6) is 11.5 Å². The molecule has 4 N–H and O–H groups in total. The molecule has 2 fully saturated rings. The van der Waals surface area contributed by atoms with Gasteiger partial charge in [-0.2, -0.15) is 5.10 Å². The van der Waals surface area contributed by atoms with Gasteiger partial charge in [-0.3, -0.25) is 9.89 Å². The second-order valence-corrected chi connectivity index (χ2v) is 9.27. The highest BCUT2D eigenvalue weighted by Gasteiger charge is 2.30. The minimum atomic E-state index is -0.323. The topological polar surface area (TPSA) is 138 Å². The number of hydrogen-bond acceptors (Lipinski definition) is 9. The Balaban J connectivity index is 0.000000179. The third kappa shape index (κ3) is 5.62. The van der Waals surface area contributed by atoms with Gasteiger partial charge in [0.25, 0.3) is 0 Å². The van der Waals surface area contributed by atoms with E-state index in [0.717, 1.165) is 35.2 Å². The van der Waals surface area contributed by atoms with Crippen LogP contribution in [0.3, 0.4) is 0 Å². The summed E-state index contributed by atoms with van der Waals surface area (Å²) < 4.78 is 10.6. The van der Waals surface area contributed by atoms with E-state index in [1.54, 1.807) is 14.2 Å². The number of aliphatic hydroxyl groups excluding tert-OH is 1. The first-order valence-electron chi connectivity index (χ1n) is 12.5. The molecule has 0 atom stereocenters. The number of rotatable bonds is 7. The van der Waals surface area contributed by atoms with Crippen molar-refractivity contribution >= 4 is 40.0 Å². The van der Waals surface area contributed by atoms with Crippen molar-refractivity contribution in [2.45, 2.75) is 25.9 Å². The highest BCUT2D eigenvalue weighted by atomic mass is 16.5. The molecule has 0 spiro atoms. The molecule has 6 rings (SSSR count). The molecule has 1 saturated heterocycles. The molecule has 1 aliphatic heterocycles. The van der Waals surface area contributed by atoms with Gasteiger partial charge in [-0.1, -0.05) is 12.1 Å². The van der Waals surface area contributed by atoms with Crippen LogP contribution < -0.4 is 25.0 Å². The number of benzene rings is 2. The molecule has 3 heterocycles. The highest BCUT2D eigenvalue weighted by Crippen LogP contribution is 2.37. The van der Waals surface area contributed by atoms with Crippen molar-refractivity contribution in [3.63, 3.8) is 0 Å². The summed E-state index contributed by atoms with van der Waals surface area (Å²) in [6.45, 7) is 2.90. The molecule has 2 aliphatic rings. The first kappa shape index (κ1) is 25.3. The summed E-state index contributed by atoms with van der Waals surface area (Å²) in [5.41, 5.74) is 1.78. The number of carbonyl (C=O) groups is 1. The molecule has 2 aromatic heterocycles. The zero-order valence-corrected chi connectivity index (χ0v) is 21.6. The number of fused-ring (bicyclic) bond motifs is 1. The number of aromatic amines is 1. The van der Waals surface area contributed by atoms with Gasteiger partial charge in [0.2, 0.25) is 11.7 Å². The zero-order valence-electron chi connectivity index (χ0n) is 21.6. The fourth-order valence-corrected chi connectivity index (χ4v) is 4.10. The number of nitrogens with zero attached hydrogens (tertiary/aromatic N) is 4. The maximum absolute atomic E-state index is 11.4. The van der Waals surface area contributed by atoms with Gasteiger partial charge in [-0.05, 0) is 56.2 Å². The lowest BCUT2D eigenvalue weighted by atomic mass is 10.1. The molecule has 1 aliphatic carbocycles. The number of aryl methyl sites for hydroxylation is 1. The van der Waals surface area contributed by atoms with Gasteiger partial charge >= 0.3 is 0 Å². The largest absolute Gasteiger partial charge is 0.497 e. The predicted molar refractivity (Wildman–Crippen MR) is 145 cm³/mol. The minimum Gasteiger partial charge on any atom is -0.497 e. The zero-order chi connectivity index (χ0) is 26.6. The summed E-state index contributed by atoms with van der Waals surface area (Å²) in [6.07, 6.45) is 1.74. The molecule has 38 heavy (non-hydrogen) atoms. The van der Waals surface area contributed by atoms with Gasteiger partial charge in [-0.25, -0.2) is 9.97 Å². The van der Waals surface area contributed by atoms with Crippen LogP contribution >= 0.6 is 0 Å². The Labute approximate surface area is 220 Å². The Morgan fingerprint density at radius 1 is 1.03 bits per heavy atom. The summed E-state index contributed by atoms with van der Waals surface area (Å²) in [7, 11) is 3.21. The van der Waals surface area contributed by atoms with Crippen molar-refractivity contribution < 1.29 is 19.4 Å². The van der Waals surface area contributed by atoms with Gasteiger partial charge in [0, 0.05) is 30.1 Å². The lowest BCUT2D eigenvalue weighted by molar-refractivity contribution is -0.117. The van der Waals surface area contributed by atoms with E-state index in [-0.39, 0.29) is 17.9 Å². The molecule has 0 radical (unpaired) electrons. The van der Waals surface area contributed by atoms with Crippen LogP contribution in [0.15, 0.2) is 48.5 Å². The Hall–Kier alpha value is -4.38. The maximum Gasteiger partial charge on any atom is 0.227 e. The second kappa shape index (κ2) is 10.9. The number of β-amino-alcohol motifs (C(OH)–C–C–N with tert-alkyl or cyclic N) is 1. The molecule has 0 bridgehead atoms. The summed E-state index contributed by atoms with van der Waals surface area (Å²) in [5, 5.41) is 23.9. The molecule has 1 amide bonds. The number of methoxy groups -OCH3 is 2. The van der Waals surface area contributed by atoms with Crippen LogP contribution in [0.2, 0.25) is 0 Å². The second-order valence-electron chi connectivity index (χ2n) is 9.27. The number of H-pyrrole nitrogens is 1. The molecule has 11 heteroatoms. The quantitative estimate of drug-likeness (QED) is 0.289. The Morgan fingerprint density at radius 2 is 1.76 bits per heavy atom. The lowest BCUT2D eigenvalue weighted by Crippen LogP contribution is -2.51. The van der Waals surface area contributed by atoms with Crippen LogP contribution in [0.4, 0.5) is 23.1 Å². The van der Waals surface area contributed by atoms with E-state index in [1.807, 2.05) is 60.4 Å². The Morgan fingerprint density at radius 3 is 2.42 bits per heavy atom. The van der Waals surface area contributed by atoms with Gasteiger partial charge in [0.1, 0.15) is 11.6 Å². The molecule has 11 nitrogen and oxygen atoms in total. The number of anilines is 4. The first-order valence-corrected chi connectivity index (χ1v) is 12.5. The summed E-state index contributed by atoms with van der Waals surface area (Å²) in [5.74, 6) is 4.25. The molecule has 1 saturated carbocycles. The number of para-hydroxylation sites is 1. The van der Waals surface area contributed by atoms with Gasteiger partial charge in [-0.15, -0.1) is 0 Å². The van der Waals surface area contributed by atoms with Crippen molar-refractivity contribution in [1.29, 1.82) is 0 Å². The molecular formula is C27H31N7O4. The number of amides is 1. The Kier molecular flexibility index (Phi) is 7.27. The van der Waals surface area contributed by atoms with Crippen molar-refractivity contribution in [1.82, 2.24) is 20.2 Å². The van der Waals surface area contributed by atoms with Crippen molar-refractivity contribution in [2.24, 2.45) is 5.92 Å². The number of carbonyl (C=O) groups excluding carboxylic acids is 1. The van der Waals surface area contributed by atoms with E-state index in [4.69, 9.17) is 9.47 Å². The van der Waals surface area contributed by atoms with Gasteiger partial charge < -0.3 is 30.1 Å². The smallest absolute Gasteiger partial charge is 0.227 e. The van der Waals surface area contributed by atoms with Crippen molar-refractivity contribution in [3.05, 3.63) is 54.4 Å². The minimum absolute atomic E-state index is 0.134. The number of hydrogen-bond donors (Lipinski definition) is 4. The average molecular weight is 518 g/mol. The average Bonchev–Trinajstić information content (AvgIpc) is 3.69. The van der Waals surface area contributed by atoms with Crippen LogP contribution in [-0.2, 0) is 4.79 Å². The monoisotopic (exact) mass is 517 g/mol. The van der Waals surface area contributed by atoms with E-state index < -0.39 is 0 Å². The summed E-state index contributed by atoms with van der Waals surface area (Å²) >= 11 is 0. The van der Waals surface area contributed by atoms with Crippen LogP contribution in [0, 0.1) is 12.8 Å². The normalized spacial score (nSPS) is 14.8. The van der Waals surface area contributed by atoms with Crippen LogP contribution in [0.1, 0.15) is 18.7 Å². The van der Waals surface area contributed by atoms with Crippen molar-refractivity contribution in [2.75, 3.05) is 42.8 Å². The predicted octanol–water partition coefficient (Wildman–Crippen LogP) is 3.64. The fourth-order valence-electron chi connectivity index (χ4n) is 4.10. The highest BCUT2D eigenvalue weighted by molar-refractivity contribution is 5.94. The van der Waals surface area contributed by atoms with Gasteiger partial charge in [0.05, 0.1) is 25.8 Å². The number of nitrogens with one attached hydrogen (secondary N) is 3. The number of aliphatic hydroxyl groups is 1. The van der Waals surface area contributed by atoms with E-state index in [2.05, 4.69) is 30.8 Å². The third-order valence-electron chi connectivity index (χ3n) is 6.34.